The Bertz CT molecular complexity index is 1040. The molecule has 0 saturated carbocycles. The summed E-state index contributed by atoms with van der Waals surface area (Å²) in [5.74, 6) is -1.05. The van der Waals surface area contributed by atoms with Crippen LogP contribution < -0.4 is 4.74 Å². The van der Waals surface area contributed by atoms with E-state index in [4.69, 9.17) is 16.3 Å². The molecule has 1 aliphatic rings. The van der Waals surface area contributed by atoms with Crippen molar-refractivity contribution < 1.29 is 19.4 Å². The van der Waals surface area contributed by atoms with E-state index < -0.39 is 17.7 Å². The number of amides is 1. The second kappa shape index (κ2) is 10.9. The van der Waals surface area contributed by atoms with E-state index in [1.54, 1.807) is 23.1 Å². The van der Waals surface area contributed by atoms with Crippen LogP contribution in [-0.4, -0.2) is 59.4 Å². The van der Waals surface area contributed by atoms with Gasteiger partial charge < -0.3 is 19.6 Å². The summed E-state index contributed by atoms with van der Waals surface area (Å²) in [5.41, 5.74) is 2.28. The molecule has 176 valence electrons. The van der Waals surface area contributed by atoms with Crippen molar-refractivity contribution >= 4 is 29.1 Å². The Hall–Kier alpha value is -2.83. The van der Waals surface area contributed by atoms with E-state index in [9.17, 15) is 14.7 Å². The molecule has 0 radical (unpaired) electrons. The van der Waals surface area contributed by atoms with Crippen LogP contribution in [0.5, 0.6) is 5.75 Å². The van der Waals surface area contributed by atoms with Crippen LogP contribution in [0.3, 0.4) is 0 Å². The quantitative estimate of drug-likeness (QED) is 0.323. The van der Waals surface area contributed by atoms with Crippen LogP contribution >= 0.6 is 11.6 Å². The van der Waals surface area contributed by atoms with Crippen LogP contribution in [0.2, 0.25) is 5.02 Å². The number of benzene rings is 2. The summed E-state index contributed by atoms with van der Waals surface area (Å²) in [6.45, 7) is 11.1. The first-order valence-corrected chi connectivity index (χ1v) is 11.7. The van der Waals surface area contributed by atoms with Gasteiger partial charge in [-0.2, -0.15) is 0 Å². The highest BCUT2D eigenvalue weighted by Crippen LogP contribution is 2.40. The van der Waals surface area contributed by atoms with Crippen LogP contribution in [-0.2, 0) is 9.59 Å². The normalized spacial score (nSPS) is 17.8. The Labute approximate surface area is 200 Å². The van der Waals surface area contributed by atoms with E-state index >= 15 is 0 Å². The molecule has 1 saturated heterocycles. The molecule has 1 fully saturated rings. The first-order valence-electron chi connectivity index (χ1n) is 11.3. The third-order valence-corrected chi connectivity index (χ3v) is 6.29. The fourth-order valence-electron chi connectivity index (χ4n) is 4.07. The number of carbonyl (C=O) groups excluding carboxylic acids is 2. The summed E-state index contributed by atoms with van der Waals surface area (Å²) in [6, 6.07) is 11.8. The Morgan fingerprint density at radius 1 is 1.09 bits per heavy atom. The number of carbonyl (C=O) groups is 2. The molecule has 0 aromatic heterocycles. The predicted octanol–water partition coefficient (Wildman–Crippen LogP) is 4.81. The van der Waals surface area contributed by atoms with Gasteiger partial charge in [-0.1, -0.05) is 55.3 Å². The maximum absolute atomic E-state index is 13.1. The molecule has 0 aliphatic carbocycles. The molecule has 1 N–H and O–H groups in total. The molecular weight excluding hydrogens is 440 g/mol. The van der Waals surface area contributed by atoms with E-state index in [2.05, 4.69) is 18.7 Å². The van der Waals surface area contributed by atoms with Crippen LogP contribution in [0, 0.1) is 6.92 Å². The molecule has 2 aromatic rings. The van der Waals surface area contributed by atoms with E-state index in [-0.39, 0.29) is 11.3 Å². The Kier molecular flexibility index (Phi) is 8.16. The number of aliphatic hydroxyl groups is 1. The minimum absolute atomic E-state index is 0.0728. The number of ketones is 1. The van der Waals surface area contributed by atoms with E-state index in [0.29, 0.717) is 36.0 Å². The zero-order valence-electron chi connectivity index (χ0n) is 19.6. The van der Waals surface area contributed by atoms with Gasteiger partial charge in [0.05, 0.1) is 23.2 Å². The molecule has 1 amide bonds. The van der Waals surface area contributed by atoms with Gasteiger partial charge in [0.1, 0.15) is 11.5 Å². The van der Waals surface area contributed by atoms with Crippen LogP contribution in [0.1, 0.15) is 43.5 Å². The van der Waals surface area contributed by atoms with E-state index in [1.807, 2.05) is 38.1 Å². The van der Waals surface area contributed by atoms with Crippen molar-refractivity contribution in [3.05, 3.63) is 69.8 Å². The molecule has 1 heterocycles. The first-order chi connectivity index (χ1) is 15.8. The summed E-state index contributed by atoms with van der Waals surface area (Å²) in [5, 5.41) is 11.5. The molecule has 33 heavy (non-hydrogen) atoms. The number of ether oxygens (including phenoxy) is 1. The molecular formula is C26H31ClN2O4. The Morgan fingerprint density at radius 3 is 2.33 bits per heavy atom. The first kappa shape index (κ1) is 24.8. The van der Waals surface area contributed by atoms with Gasteiger partial charge in [-0.3, -0.25) is 9.59 Å². The van der Waals surface area contributed by atoms with E-state index in [0.717, 1.165) is 24.2 Å². The highest BCUT2D eigenvalue weighted by atomic mass is 35.5. The standard InChI is InChI=1S/C26H31ClN2O4/c1-5-28(6-2)14-15-29-23(18-10-8-17(4)9-11-18)22(25(31)26(29)32)24(30)19-12-13-21(33-7-3)20(27)16-19/h8-13,16,23,30H,5-7,14-15H2,1-4H3/t23-/m1/s1. The SMILES string of the molecule is CCOc1ccc(C(O)=C2C(=O)C(=O)N(CCN(CC)CC)[C@@H]2c2ccc(C)cc2)cc1Cl. The maximum Gasteiger partial charge on any atom is 0.295 e. The molecule has 0 unspecified atom stereocenters. The summed E-state index contributed by atoms with van der Waals surface area (Å²) in [4.78, 5) is 30.0. The average Bonchev–Trinajstić information content (AvgIpc) is 3.06. The van der Waals surface area contributed by atoms with Crippen LogP contribution in [0.25, 0.3) is 5.76 Å². The monoisotopic (exact) mass is 470 g/mol. The fourth-order valence-corrected chi connectivity index (χ4v) is 4.31. The fraction of sp³-hybridized carbons (Fsp3) is 0.385. The van der Waals surface area contributed by atoms with Gasteiger partial charge in [0.25, 0.3) is 11.7 Å². The molecule has 0 bridgehead atoms. The number of aryl methyl sites for hydroxylation is 1. The number of hydrogen-bond acceptors (Lipinski definition) is 5. The lowest BCUT2D eigenvalue weighted by atomic mass is 9.94. The predicted molar refractivity (Wildman–Crippen MR) is 131 cm³/mol. The molecule has 2 aromatic carbocycles. The van der Waals surface area contributed by atoms with Crippen molar-refractivity contribution in [3.8, 4) is 5.75 Å². The zero-order chi connectivity index (χ0) is 24.1. The second-order valence-corrected chi connectivity index (χ2v) is 8.42. The van der Waals surface area contributed by atoms with Crippen molar-refractivity contribution in [1.82, 2.24) is 9.80 Å². The summed E-state index contributed by atoms with van der Waals surface area (Å²) >= 11 is 6.31. The summed E-state index contributed by atoms with van der Waals surface area (Å²) < 4.78 is 5.47. The van der Waals surface area contributed by atoms with E-state index in [1.165, 1.54) is 0 Å². The molecule has 3 rings (SSSR count). The Morgan fingerprint density at radius 2 is 1.76 bits per heavy atom. The lowest BCUT2D eigenvalue weighted by molar-refractivity contribution is -0.140. The van der Waals surface area contributed by atoms with Gasteiger partial charge in [-0.15, -0.1) is 0 Å². The Balaban J connectivity index is 2.09. The molecule has 1 atom stereocenters. The summed E-state index contributed by atoms with van der Waals surface area (Å²) in [6.07, 6.45) is 0. The van der Waals surface area contributed by atoms with Crippen molar-refractivity contribution in [2.75, 3.05) is 32.8 Å². The van der Waals surface area contributed by atoms with Gasteiger partial charge in [0.2, 0.25) is 0 Å². The smallest absolute Gasteiger partial charge is 0.295 e. The zero-order valence-corrected chi connectivity index (χ0v) is 20.4. The lowest BCUT2D eigenvalue weighted by Crippen LogP contribution is -2.38. The number of hydrogen-bond donors (Lipinski definition) is 1. The van der Waals surface area contributed by atoms with Gasteiger partial charge in [-0.25, -0.2) is 0 Å². The molecule has 0 spiro atoms. The number of likely N-dealkylation sites (N-methyl/N-ethyl adjacent to an activating group) is 1. The lowest BCUT2D eigenvalue weighted by Gasteiger charge is -2.28. The number of nitrogens with zero attached hydrogens (tertiary/aromatic N) is 2. The number of Topliss-reactive ketones (excluding diaryl/α,β-unsaturated/α-hetero) is 1. The van der Waals surface area contributed by atoms with Crippen molar-refractivity contribution in [3.63, 3.8) is 0 Å². The van der Waals surface area contributed by atoms with Crippen molar-refractivity contribution in [2.45, 2.75) is 33.7 Å². The van der Waals surface area contributed by atoms with Gasteiger partial charge in [0.15, 0.2) is 0 Å². The van der Waals surface area contributed by atoms with Crippen molar-refractivity contribution in [1.29, 1.82) is 0 Å². The number of aliphatic hydroxyl groups excluding tert-OH is 1. The maximum atomic E-state index is 13.1. The molecule has 1 aliphatic heterocycles. The average molecular weight is 471 g/mol. The number of likely N-dealkylation sites (tertiary alicyclic amines) is 1. The van der Waals surface area contributed by atoms with Crippen molar-refractivity contribution in [2.24, 2.45) is 0 Å². The topological polar surface area (TPSA) is 70.1 Å². The van der Waals surface area contributed by atoms with Gasteiger partial charge in [0, 0.05) is 18.7 Å². The number of rotatable bonds is 9. The molecule has 7 heteroatoms. The largest absolute Gasteiger partial charge is 0.507 e. The third kappa shape index (κ3) is 5.23. The summed E-state index contributed by atoms with van der Waals surface area (Å²) in [7, 11) is 0. The van der Waals surface area contributed by atoms with Gasteiger partial charge >= 0.3 is 0 Å². The highest BCUT2D eigenvalue weighted by Gasteiger charge is 2.46. The molecule has 6 nitrogen and oxygen atoms in total. The van der Waals surface area contributed by atoms with Gasteiger partial charge in [-0.05, 0) is 50.7 Å². The highest BCUT2D eigenvalue weighted by molar-refractivity contribution is 6.46. The van der Waals surface area contributed by atoms with Crippen LogP contribution in [0.15, 0.2) is 48.0 Å². The third-order valence-electron chi connectivity index (χ3n) is 5.99. The second-order valence-electron chi connectivity index (χ2n) is 8.01. The number of halogens is 1. The van der Waals surface area contributed by atoms with Crippen LogP contribution in [0.4, 0.5) is 0 Å². The minimum Gasteiger partial charge on any atom is -0.507 e. The minimum atomic E-state index is -0.692.